The highest BCUT2D eigenvalue weighted by atomic mass is 32.1. The Morgan fingerprint density at radius 2 is 2.14 bits per heavy atom. The Hall–Kier alpha value is -2.14. The number of hydrogen-bond donors (Lipinski definition) is 1. The molecule has 1 fully saturated rings. The van der Waals surface area contributed by atoms with Gasteiger partial charge in [0.05, 0.1) is 6.61 Å². The van der Waals surface area contributed by atoms with E-state index in [1.807, 2.05) is 0 Å². The largest absolute Gasteiger partial charge is 0.465 e. The molecule has 1 aliphatic heterocycles. The molecule has 0 saturated carbocycles. The average molecular weight is 324 g/mol. The molecule has 0 atom stereocenters. The maximum Gasteiger partial charge on any atom is 0.329 e. The van der Waals surface area contributed by atoms with Crippen molar-refractivity contribution >= 4 is 22.4 Å². The van der Waals surface area contributed by atoms with Crippen molar-refractivity contribution in [3.05, 3.63) is 0 Å². The first-order valence-corrected chi connectivity index (χ1v) is 7.81. The van der Waals surface area contributed by atoms with Gasteiger partial charge in [0, 0.05) is 26.2 Å². The van der Waals surface area contributed by atoms with Crippen molar-refractivity contribution in [2.75, 3.05) is 37.7 Å². The molecule has 0 unspecified atom stereocenters. The van der Waals surface area contributed by atoms with E-state index in [9.17, 15) is 4.79 Å². The topological polar surface area (TPSA) is 111 Å². The molecule has 0 amide bonds. The highest BCUT2D eigenvalue weighted by molar-refractivity contribution is 7.18. The third kappa shape index (κ3) is 3.36. The SMILES string of the molecule is CCOC(=O)Cn1nnc(-c2nnc(N3CCNCC3)s2)n1. The highest BCUT2D eigenvalue weighted by Gasteiger charge is 2.18. The number of nitrogens with one attached hydrogen (secondary N) is 1. The summed E-state index contributed by atoms with van der Waals surface area (Å²) < 4.78 is 4.84. The molecule has 2 aromatic rings. The van der Waals surface area contributed by atoms with Gasteiger partial charge < -0.3 is 15.0 Å². The Morgan fingerprint density at radius 1 is 1.32 bits per heavy atom. The van der Waals surface area contributed by atoms with Crippen LogP contribution in [0.1, 0.15) is 6.92 Å². The van der Waals surface area contributed by atoms with Crippen LogP contribution in [0, 0.1) is 0 Å². The van der Waals surface area contributed by atoms with Gasteiger partial charge in [-0.15, -0.1) is 20.4 Å². The number of carbonyl (C=O) groups is 1. The van der Waals surface area contributed by atoms with Crippen molar-refractivity contribution in [1.29, 1.82) is 0 Å². The highest BCUT2D eigenvalue weighted by Crippen LogP contribution is 2.26. The molecule has 0 aliphatic carbocycles. The van der Waals surface area contributed by atoms with Gasteiger partial charge >= 0.3 is 5.97 Å². The van der Waals surface area contributed by atoms with Crippen LogP contribution in [0.3, 0.4) is 0 Å². The summed E-state index contributed by atoms with van der Waals surface area (Å²) >= 11 is 1.42. The van der Waals surface area contributed by atoms with E-state index >= 15 is 0 Å². The van der Waals surface area contributed by atoms with Crippen molar-refractivity contribution in [2.24, 2.45) is 0 Å². The third-order valence-electron chi connectivity index (χ3n) is 3.02. The molecular weight excluding hydrogens is 308 g/mol. The van der Waals surface area contributed by atoms with Gasteiger partial charge in [0.2, 0.25) is 11.0 Å². The number of anilines is 1. The number of carbonyl (C=O) groups excluding carboxylic acids is 1. The van der Waals surface area contributed by atoms with Gasteiger partial charge in [-0.1, -0.05) is 11.3 Å². The lowest BCUT2D eigenvalue weighted by molar-refractivity contribution is -0.144. The monoisotopic (exact) mass is 324 g/mol. The first kappa shape index (κ1) is 14.8. The molecule has 0 aromatic carbocycles. The summed E-state index contributed by atoms with van der Waals surface area (Å²) in [7, 11) is 0. The molecular formula is C11H16N8O2S. The minimum absolute atomic E-state index is 0.0652. The first-order valence-electron chi connectivity index (χ1n) is 6.99. The second-order valence-electron chi connectivity index (χ2n) is 4.58. The van der Waals surface area contributed by atoms with E-state index in [0.29, 0.717) is 17.4 Å². The predicted molar refractivity (Wildman–Crippen MR) is 78.4 cm³/mol. The second-order valence-corrected chi connectivity index (χ2v) is 5.53. The minimum atomic E-state index is -0.398. The van der Waals surface area contributed by atoms with Crippen LogP contribution in [0.5, 0.6) is 0 Å². The van der Waals surface area contributed by atoms with Gasteiger partial charge in [-0.3, -0.25) is 0 Å². The number of ether oxygens (including phenoxy) is 1. The summed E-state index contributed by atoms with van der Waals surface area (Å²) in [6.45, 7) is 5.67. The van der Waals surface area contributed by atoms with Crippen molar-refractivity contribution in [1.82, 2.24) is 35.7 Å². The van der Waals surface area contributed by atoms with Crippen molar-refractivity contribution in [3.8, 4) is 10.8 Å². The van der Waals surface area contributed by atoms with Gasteiger partial charge in [0.15, 0.2) is 11.6 Å². The molecule has 0 bridgehead atoms. The van der Waals surface area contributed by atoms with Crippen molar-refractivity contribution < 1.29 is 9.53 Å². The standard InChI is InChI=1S/C11H16N8O2S/c1-2-21-8(20)7-19-16-9(13-17-19)10-14-15-11(22-10)18-5-3-12-4-6-18/h12H,2-7H2,1H3. The van der Waals surface area contributed by atoms with E-state index in [2.05, 4.69) is 35.8 Å². The molecule has 2 aromatic heterocycles. The van der Waals surface area contributed by atoms with Crippen LogP contribution in [-0.2, 0) is 16.1 Å². The maximum atomic E-state index is 11.4. The molecule has 0 radical (unpaired) electrons. The van der Waals surface area contributed by atoms with E-state index in [0.717, 1.165) is 31.3 Å². The zero-order valence-corrected chi connectivity index (χ0v) is 12.9. The zero-order valence-electron chi connectivity index (χ0n) is 12.1. The van der Waals surface area contributed by atoms with Crippen molar-refractivity contribution in [3.63, 3.8) is 0 Å². The van der Waals surface area contributed by atoms with Crippen LogP contribution < -0.4 is 10.2 Å². The Labute approximate surface area is 130 Å². The van der Waals surface area contributed by atoms with Crippen LogP contribution >= 0.6 is 11.3 Å². The summed E-state index contributed by atoms with van der Waals surface area (Å²) in [4.78, 5) is 14.7. The van der Waals surface area contributed by atoms with Crippen LogP contribution in [0.4, 0.5) is 5.13 Å². The number of rotatable bonds is 5. The van der Waals surface area contributed by atoms with E-state index < -0.39 is 5.97 Å². The Bertz CT molecular complexity index is 636. The summed E-state index contributed by atoms with van der Waals surface area (Å²) in [6, 6.07) is 0. The van der Waals surface area contributed by atoms with E-state index in [4.69, 9.17) is 4.74 Å². The van der Waals surface area contributed by atoms with E-state index in [-0.39, 0.29) is 6.54 Å². The summed E-state index contributed by atoms with van der Waals surface area (Å²) in [6.07, 6.45) is 0. The lowest BCUT2D eigenvalue weighted by Gasteiger charge is -2.26. The van der Waals surface area contributed by atoms with Gasteiger partial charge in [0.25, 0.3) is 0 Å². The molecule has 3 heterocycles. The lowest BCUT2D eigenvalue weighted by atomic mass is 10.4. The number of aromatic nitrogens is 6. The van der Waals surface area contributed by atoms with E-state index in [1.165, 1.54) is 16.1 Å². The molecule has 1 aliphatic rings. The van der Waals surface area contributed by atoms with Gasteiger partial charge in [-0.2, -0.15) is 4.80 Å². The molecule has 3 rings (SSSR count). The summed E-state index contributed by atoms with van der Waals surface area (Å²) in [5.41, 5.74) is 0. The summed E-state index contributed by atoms with van der Waals surface area (Å²) in [5.74, 6) is -0.0339. The van der Waals surface area contributed by atoms with Gasteiger partial charge in [-0.05, 0) is 12.1 Å². The maximum absolute atomic E-state index is 11.4. The Kier molecular flexibility index (Phi) is 4.53. The number of piperazine rings is 1. The first-order chi connectivity index (χ1) is 10.8. The quantitative estimate of drug-likeness (QED) is 0.704. The van der Waals surface area contributed by atoms with E-state index in [1.54, 1.807) is 6.92 Å². The zero-order chi connectivity index (χ0) is 15.4. The molecule has 1 saturated heterocycles. The molecule has 11 heteroatoms. The number of nitrogens with zero attached hydrogens (tertiary/aromatic N) is 7. The molecule has 1 N–H and O–H groups in total. The fourth-order valence-corrected chi connectivity index (χ4v) is 2.83. The third-order valence-corrected chi connectivity index (χ3v) is 4.00. The van der Waals surface area contributed by atoms with Gasteiger partial charge in [0.1, 0.15) is 0 Å². The number of hydrogen-bond acceptors (Lipinski definition) is 10. The predicted octanol–water partition coefficient (Wildman–Crippen LogP) is -0.836. The number of tetrazole rings is 1. The fourth-order valence-electron chi connectivity index (χ4n) is 2.01. The Morgan fingerprint density at radius 3 is 2.91 bits per heavy atom. The average Bonchev–Trinajstić information content (AvgIpc) is 3.17. The molecule has 118 valence electrons. The normalized spacial score (nSPS) is 15.0. The molecule has 0 spiro atoms. The van der Waals surface area contributed by atoms with Crippen LogP contribution in [0.25, 0.3) is 10.8 Å². The number of esters is 1. The van der Waals surface area contributed by atoms with Gasteiger partial charge in [-0.25, -0.2) is 4.79 Å². The minimum Gasteiger partial charge on any atom is -0.465 e. The fraction of sp³-hybridized carbons (Fsp3) is 0.636. The molecule has 10 nitrogen and oxygen atoms in total. The van der Waals surface area contributed by atoms with Crippen LogP contribution in [0.2, 0.25) is 0 Å². The van der Waals surface area contributed by atoms with Crippen molar-refractivity contribution in [2.45, 2.75) is 13.5 Å². The summed E-state index contributed by atoms with van der Waals surface area (Å²) in [5, 5.41) is 24.9. The molecule has 22 heavy (non-hydrogen) atoms. The second kappa shape index (κ2) is 6.75. The van der Waals surface area contributed by atoms with Crippen LogP contribution in [0.15, 0.2) is 0 Å². The Balaban J connectivity index is 1.68. The van der Waals surface area contributed by atoms with Crippen LogP contribution in [-0.4, -0.2) is 69.2 Å². The lowest BCUT2D eigenvalue weighted by Crippen LogP contribution is -2.43. The smallest absolute Gasteiger partial charge is 0.329 e.